The molecule has 0 N–H and O–H groups in total. The number of aromatic nitrogens is 2. The maximum atomic E-state index is 11.5. The van der Waals surface area contributed by atoms with Crippen molar-refractivity contribution in [3.8, 4) is 0 Å². The van der Waals surface area contributed by atoms with Gasteiger partial charge in [-0.3, -0.25) is 21.0 Å². The molecule has 19 heavy (non-hydrogen) atoms. The van der Waals surface area contributed by atoms with Crippen LogP contribution in [-0.2, 0) is 14.3 Å². The van der Waals surface area contributed by atoms with Crippen LogP contribution < -0.4 is 29.6 Å². The van der Waals surface area contributed by atoms with Crippen LogP contribution in [0.4, 0.5) is 0 Å². The largest absolute Gasteiger partial charge is 1.00 e. The van der Waals surface area contributed by atoms with Crippen molar-refractivity contribution in [3.05, 3.63) is 35.8 Å². The van der Waals surface area contributed by atoms with E-state index in [0.717, 1.165) is 22.4 Å². The fraction of sp³-hybridized carbons (Fsp3) is 0.167. The summed E-state index contributed by atoms with van der Waals surface area (Å²) in [6.45, 7) is 1.94. The van der Waals surface area contributed by atoms with Gasteiger partial charge in [-0.1, -0.05) is 6.07 Å². The summed E-state index contributed by atoms with van der Waals surface area (Å²) in [4.78, 5) is 26.6. The molecular formula is C12H11N2NaO3S. The smallest absolute Gasteiger partial charge is 0.487 e. The van der Waals surface area contributed by atoms with Gasteiger partial charge >= 0.3 is 29.6 Å². The minimum atomic E-state index is -0.602. The van der Waals surface area contributed by atoms with Crippen LogP contribution in [-0.4, -0.2) is 28.2 Å². The van der Waals surface area contributed by atoms with Gasteiger partial charge in [0.1, 0.15) is 5.65 Å². The van der Waals surface area contributed by atoms with E-state index in [1.807, 2.05) is 18.2 Å². The third-order valence-corrected chi connectivity index (χ3v) is 3.21. The third kappa shape index (κ3) is 3.76. The number of imidazole rings is 1. The van der Waals surface area contributed by atoms with Gasteiger partial charge in [0.05, 0.1) is 11.6 Å². The van der Waals surface area contributed by atoms with Gasteiger partial charge in [0.15, 0.2) is 5.97 Å². The molecule has 0 unspecified atom stereocenters. The Morgan fingerprint density at radius 2 is 2.37 bits per heavy atom. The SMILES string of the molecule is CCOC(=O)[C-](C=O)Sc1cccc2nccn12.[Na+]. The van der Waals surface area contributed by atoms with Gasteiger partial charge in [0, 0.05) is 18.7 Å². The molecular weight excluding hydrogens is 275 g/mol. The Kier molecular flexibility index (Phi) is 6.44. The second kappa shape index (κ2) is 7.59. The summed E-state index contributed by atoms with van der Waals surface area (Å²) in [7, 11) is 0. The molecule has 5 nitrogen and oxygen atoms in total. The van der Waals surface area contributed by atoms with Crippen molar-refractivity contribution in [2.45, 2.75) is 11.9 Å². The summed E-state index contributed by atoms with van der Waals surface area (Å²) in [5, 5.41) is 0.762. The molecule has 0 spiro atoms. The van der Waals surface area contributed by atoms with Crippen LogP contribution in [0.3, 0.4) is 0 Å². The number of hydrogen-bond donors (Lipinski definition) is 0. The van der Waals surface area contributed by atoms with E-state index in [4.69, 9.17) is 4.74 Å². The van der Waals surface area contributed by atoms with Crippen molar-refractivity contribution >= 4 is 29.7 Å². The zero-order valence-corrected chi connectivity index (χ0v) is 13.5. The molecule has 0 atom stereocenters. The summed E-state index contributed by atoms with van der Waals surface area (Å²) in [5.41, 5.74) is 0.758. The molecule has 94 valence electrons. The van der Waals surface area contributed by atoms with E-state index < -0.39 is 5.97 Å². The quantitative estimate of drug-likeness (QED) is 0.171. The fourth-order valence-corrected chi connectivity index (χ4v) is 2.25. The second-order valence-corrected chi connectivity index (χ2v) is 4.39. The van der Waals surface area contributed by atoms with Gasteiger partial charge in [-0.2, -0.15) is 5.25 Å². The van der Waals surface area contributed by atoms with E-state index in [1.165, 1.54) is 0 Å². The zero-order chi connectivity index (χ0) is 13.0. The van der Waals surface area contributed by atoms with E-state index in [-0.39, 0.29) is 41.4 Å². The Balaban J connectivity index is 0.00000180. The van der Waals surface area contributed by atoms with Crippen LogP contribution in [0.15, 0.2) is 35.6 Å². The normalized spacial score (nSPS) is 9.74. The first-order valence-corrected chi connectivity index (χ1v) is 6.17. The molecule has 2 aromatic rings. The number of carbonyl (C=O) groups excluding carboxylic acids is 2. The van der Waals surface area contributed by atoms with Gasteiger partial charge in [-0.05, 0) is 19.1 Å². The van der Waals surface area contributed by atoms with Crippen LogP contribution in [0.25, 0.3) is 5.65 Å². The molecule has 0 aliphatic carbocycles. The van der Waals surface area contributed by atoms with E-state index in [9.17, 15) is 9.59 Å². The fourth-order valence-electron chi connectivity index (χ4n) is 1.43. The monoisotopic (exact) mass is 286 g/mol. The van der Waals surface area contributed by atoms with Gasteiger partial charge in [-0.15, -0.1) is 0 Å². The topological polar surface area (TPSA) is 60.7 Å². The van der Waals surface area contributed by atoms with Crippen molar-refractivity contribution in [1.29, 1.82) is 0 Å². The summed E-state index contributed by atoms with van der Waals surface area (Å²) < 4.78 is 6.61. The number of nitrogens with zero attached hydrogens (tertiary/aromatic N) is 2. The van der Waals surface area contributed by atoms with Crippen molar-refractivity contribution < 1.29 is 43.9 Å². The predicted octanol–water partition coefficient (Wildman–Crippen LogP) is -1.28. The minimum Gasteiger partial charge on any atom is -0.487 e. The van der Waals surface area contributed by atoms with Gasteiger partial charge in [0.2, 0.25) is 0 Å². The molecule has 0 fully saturated rings. The molecule has 0 aliphatic heterocycles. The van der Waals surface area contributed by atoms with Crippen LogP contribution in [0.1, 0.15) is 6.92 Å². The molecule has 0 aliphatic rings. The molecule has 0 bridgehead atoms. The van der Waals surface area contributed by atoms with Crippen LogP contribution in [0, 0.1) is 5.25 Å². The van der Waals surface area contributed by atoms with Crippen molar-refractivity contribution in [1.82, 2.24) is 9.38 Å². The van der Waals surface area contributed by atoms with E-state index in [2.05, 4.69) is 4.98 Å². The molecule has 0 saturated carbocycles. The van der Waals surface area contributed by atoms with E-state index in [0.29, 0.717) is 6.29 Å². The molecule has 0 amide bonds. The number of fused-ring (bicyclic) bond motifs is 1. The van der Waals surface area contributed by atoms with Crippen LogP contribution in [0.5, 0.6) is 0 Å². The maximum Gasteiger partial charge on any atom is 1.00 e. The summed E-state index contributed by atoms with van der Waals surface area (Å²) in [5.74, 6) is -0.602. The first-order chi connectivity index (χ1) is 8.76. The molecule has 0 aromatic carbocycles. The average Bonchev–Trinajstić information content (AvgIpc) is 2.85. The average molecular weight is 286 g/mol. The number of carbonyl (C=O) groups is 2. The Morgan fingerprint density at radius 1 is 1.58 bits per heavy atom. The van der Waals surface area contributed by atoms with Gasteiger partial charge in [0.25, 0.3) is 0 Å². The Bertz CT molecular complexity index is 573. The molecule has 0 radical (unpaired) electrons. The van der Waals surface area contributed by atoms with Crippen LogP contribution in [0.2, 0.25) is 0 Å². The number of pyridine rings is 1. The first-order valence-electron chi connectivity index (χ1n) is 5.35. The number of ether oxygens (including phenoxy) is 1. The molecule has 0 saturated heterocycles. The van der Waals surface area contributed by atoms with Gasteiger partial charge < -0.3 is 9.53 Å². The Morgan fingerprint density at radius 3 is 3.05 bits per heavy atom. The number of esters is 1. The summed E-state index contributed by atoms with van der Waals surface area (Å²) in [6.07, 6.45) is 3.94. The second-order valence-electron chi connectivity index (χ2n) is 3.32. The van der Waals surface area contributed by atoms with Crippen molar-refractivity contribution in [3.63, 3.8) is 0 Å². The Labute approximate surface area is 137 Å². The Hall–Kier alpha value is -0.950. The zero-order valence-electron chi connectivity index (χ0n) is 10.7. The standard InChI is InChI=1S/C12H11N2O3S.Na/c1-2-17-12(16)9(8-15)18-11-5-3-4-10-13-6-7-14(10)11;/h3-8H,2H2,1H3;/q-1;+1. The van der Waals surface area contributed by atoms with Gasteiger partial charge in [-0.25, -0.2) is 4.98 Å². The summed E-state index contributed by atoms with van der Waals surface area (Å²) >= 11 is 1.07. The first kappa shape index (κ1) is 16.1. The van der Waals surface area contributed by atoms with Crippen molar-refractivity contribution in [2.24, 2.45) is 0 Å². The molecule has 2 aromatic heterocycles. The molecule has 2 heterocycles. The summed E-state index contributed by atoms with van der Waals surface area (Å²) in [6, 6.07) is 5.47. The third-order valence-electron chi connectivity index (χ3n) is 2.19. The molecule has 2 rings (SSSR count). The molecule has 7 heteroatoms. The van der Waals surface area contributed by atoms with Crippen molar-refractivity contribution in [2.75, 3.05) is 6.61 Å². The number of rotatable bonds is 5. The predicted molar refractivity (Wildman–Crippen MR) is 67.0 cm³/mol. The number of thioether (sulfide) groups is 1. The number of hydrogen-bond acceptors (Lipinski definition) is 5. The van der Waals surface area contributed by atoms with E-state index in [1.54, 1.807) is 23.7 Å². The van der Waals surface area contributed by atoms with Crippen LogP contribution >= 0.6 is 11.8 Å². The number of aldehydes is 1. The van der Waals surface area contributed by atoms with E-state index >= 15 is 0 Å². The minimum absolute atomic E-state index is 0. The maximum absolute atomic E-state index is 11.5.